The molecule has 3 aromatic carbocycles. The Morgan fingerprint density at radius 3 is 1.55 bits per heavy atom. The average molecular weight is 511 g/mol. The van der Waals surface area contributed by atoms with Gasteiger partial charge in [0.25, 0.3) is 0 Å². The van der Waals surface area contributed by atoms with Crippen LogP contribution in [0.15, 0.2) is 90.0 Å². The van der Waals surface area contributed by atoms with Gasteiger partial charge < -0.3 is 0 Å². The third-order valence-corrected chi connectivity index (χ3v) is 25.2. The Bertz CT molecular complexity index is 1130. The van der Waals surface area contributed by atoms with E-state index in [1.165, 1.54) is 20.8 Å². The van der Waals surface area contributed by atoms with Crippen LogP contribution in [-0.4, -0.2) is 6.88 Å². The molecule has 3 aromatic rings. The maximum Gasteiger partial charge on any atom is -0.269 e. The summed E-state index contributed by atoms with van der Waals surface area (Å²) >= 11 is -2.86. The van der Waals surface area contributed by atoms with Crippen molar-refractivity contribution in [3.8, 4) is 0 Å². The van der Waals surface area contributed by atoms with Gasteiger partial charge >= 0.3 is 181 Å². The van der Waals surface area contributed by atoms with Gasteiger partial charge in [-0.15, -0.1) is 0 Å². The van der Waals surface area contributed by atoms with Gasteiger partial charge in [0.1, 0.15) is 0 Å². The molecule has 2 unspecified atom stereocenters. The van der Waals surface area contributed by atoms with Crippen LogP contribution >= 0.6 is 0 Å². The molecule has 2 aliphatic carbocycles. The van der Waals surface area contributed by atoms with E-state index < -0.39 is 18.9 Å². The fraction of sp³-hybridized carbons (Fsp3) is 0.185. The molecule has 5 rings (SSSR count). The number of benzene rings is 3. The topological polar surface area (TPSA) is 0 Å². The van der Waals surface area contributed by atoms with Crippen LogP contribution in [-0.2, 0) is 23.0 Å². The van der Waals surface area contributed by atoms with E-state index in [4.69, 9.17) is 0 Å². The molecular weight excluding hydrogens is 482 g/mol. The number of halogens is 2. The summed E-state index contributed by atoms with van der Waals surface area (Å²) in [6, 6.07) is 29.5. The zero-order valence-electron chi connectivity index (χ0n) is 18.0. The van der Waals surface area contributed by atoms with Crippen LogP contribution in [0, 0.1) is 0 Å². The standard InChI is InChI=1S/2C10H9.C7H7.2FH.H2Si.Zr/c2*1-8-6-9-4-2-3-5-10(9)7-8;1-7-5-3-2-4-6-7;;;;/h2*2-7H,1H3;2-6H,1H2;2*1H;1H2;. The van der Waals surface area contributed by atoms with E-state index in [2.05, 4.69) is 112 Å². The van der Waals surface area contributed by atoms with Gasteiger partial charge in [0.05, 0.1) is 0 Å². The largest absolute Gasteiger partial charge is 0.269 e. The number of fused-ring (bicyclic) bond motifs is 2. The SMILES string of the molecule is CC1=Cc2ccccc2[CH]1[Zr](=[SiH2])([CH2]c1ccccc1)[CH]1C(C)=Cc2ccccc21.F.F. The Hall–Kier alpha value is -1.90. The Labute approximate surface area is 189 Å². The summed E-state index contributed by atoms with van der Waals surface area (Å²) in [4.78, 5) is 0. The minimum absolute atomic E-state index is 0. The minimum Gasteiger partial charge on any atom is -0.269 e. The second-order valence-corrected chi connectivity index (χ2v) is 26.4. The quantitative estimate of drug-likeness (QED) is 0.351. The zero-order valence-corrected chi connectivity index (χ0v) is 21.9. The molecule has 4 heteroatoms. The van der Waals surface area contributed by atoms with E-state index in [1.807, 2.05) is 0 Å². The van der Waals surface area contributed by atoms with Crippen LogP contribution in [0.5, 0.6) is 0 Å². The number of allylic oxidation sites excluding steroid dienone is 2. The summed E-state index contributed by atoms with van der Waals surface area (Å²) < 4.78 is 2.56. The first kappa shape index (κ1) is 23.8. The number of hydrogen-bond donors (Lipinski definition) is 0. The summed E-state index contributed by atoms with van der Waals surface area (Å²) in [5.74, 6) is 0. The molecule has 0 saturated carbocycles. The van der Waals surface area contributed by atoms with Crippen LogP contribution in [0.25, 0.3) is 12.2 Å². The molecule has 0 aromatic heterocycles. The summed E-state index contributed by atoms with van der Waals surface area (Å²) in [6.07, 6.45) is 4.93. The minimum atomic E-state index is -2.86. The van der Waals surface area contributed by atoms with Crippen molar-refractivity contribution < 1.29 is 28.3 Å². The van der Waals surface area contributed by atoms with Gasteiger partial charge in [-0.25, -0.2) is 0 Å². The van der Waals surface area contributed by atoms with E-state index in [9.17, 15) is 0 Å². The van der Waals surface area contributed by atoms with Crippen molar-refractivity contribution in [2.24, 2.45) is 0 Å². The van der Waals surface area contributed by atoms with E-state index in [0.29, 0.717) is 7.25 Å². The van der Waals surface area contributed by atoms with Crippen molar-refractivity contribution in [1.29, 1.82) is 0 Å². The van der Waals surface area contributed by atoms with Crippen LogP contribution in [0.2, 0.25) is 0 Å². The van der Waals surface area contributed by atoms with Gasteiger partial charge in [0.2, 0.25) is 0 Å². The summed E-state index contributed by atoms with van der Waals surface area (Å²) in [5.41, 5.74) is 10.8. The van der Waals surface area contributed by atoms with Crippen LogP contribution < -0.4 is 0 Å². The first-order valence-electron chi connectivity index (χ1n) is 10.5. The molecule has 0 N–H and O–H groups in total. The molecule has 2 aliphatic rings. The van der Waals surface area contributed by atoms with E-state index in [1.54, 1.807) is 22.3 Å². The third kappa shape index (κ3) is 4.01. The van der Waals surface area contributed by atoms with Crippen molar-refractivity contribution in [3.05, 3.63) is 118 Å². The maximum absolute atomic E-state index is 2.86. The fourth-order valence-corrected chi connectivity index (χ4v) is 27.4. The molecule has 0 amide bonds. The predicted molar refractivity (Wildman–Crippen MR) is 129 cm³/mol. The molecule has 0 fully saturated rings. The van der Waals surface area contributed by atoms with Crippen molar-refractivity contribution >= 4 is 19.0 Å². The van der Waals surface area contributed by atoms with Crippen LogP contribution in [0.1, 0.15) is 48.9 Å². The van der Waals surface area contributed by atoms with Crippen LogP contribution in [0.3, 0.4) is 0 Å². The van der Waals surface area contributed by atoms with Gasteiger partial charge in [-0.3, -0.25) is 9.41 Å². The summed E-state index contributed by atoms with van der Waals surface area (Å²) in [7, 11) is 0. The monoisotopic (exact) mass is 509 g/mol. The Kier molecular flexibility index (Phi) is 7.13. The first-order chi connectivity index (χ1) is 14.1. The van der Waals surface area contributed by atoms with E-state index in [0.717, 1.165) is 0 Å². The molecule has 159 valence electrons. The fourth-order valence-electron chi connectivity index (χ4n) is 5.83. The summed E-state index contributed by atoms with van der Waals surface area (Å²) in [6.45, 7) is 7.22. The van der Waals surface area contributed by atoms with Crippen molar-refractivity contribution in [2.75, 3.05) is 0 Å². The van der Waals surface area contributed by atoms with Crippen molar-refractivity contribution in [2.45, 2.75) is 25.2 Å². The average Bonchev–Trinajstić information content (AvgIpc) is 3.24. The number of rotatable bonds is 4. The molecule has 0 saturated heterocycles. The Morgan fingerprint density at radius 2 is 1.06 bits per heavy atom. The van der Waals surface area contributed by atoms with Gasteiger partial charge in [0.15, 0.2) is 0 Å². The van der Waals surface area contributed by atoms with Crippen molar-refractivity contribution in [3.63, 3.8) is 0 Å². The molecule has 0 nitrogen and oxygen atoms in total. The van der Waals surface area contributed by atoms with E-state index in [-0.39, 0.29) is 9.41 Å². The molecule has 2 atom stereocenters. The van der Waals surface area contributed by atoms with Gasteiger partial charge in [0, 0.05) is 0 Å². The predicted octanol–water partition coefficient (Wildman–Crippen LogP) is 6.51. The maximum atomic E-state index is 2.46. The second-order valence-electron chi connectivity index (χ2n) is 8.80. The molecule has 31 heavy (non-hydrogen) atoms. The zero-order chi connectivity index (χ0) is 20.0. The molecular formula is C27H29F2SiZr. The molecule has 0 aliphatic heterocycles. The smallest absolute Gasteiger partial charge is 0.269 e. The molecule has 0 spiro atoms. The Balaban J connectivity index is 0.00000136. The van der Waals surface area contributed by atoms with Crippen molar-refractivity contribution in [1.82, 2.24) is 0 Å². The second kappa shape index (κ2) is 9.30. The Morgan fingerprint density at radius 1 is 0.645 bits per heavy atom. The molecule has 0 heterocycles. The van der Waals surface area contributed by atoms with Gasteiger partial charge in [-0.2, -0.15) is 0 Å². The van der Waals surface area contributed by atoms with Gasteiger partial charge in [-0.1, -0.05) is 0 Å². The normalized spacial score (nSPS) is 20.3. The van der Waals surface area contributed by atoms with Gasteiger partial charge in [-0.05, 0) is 0 Å². The van der Waals surface area contributed by atoms with E-state index >= 15 is 0 Å². The van der Waals surface area contributed by atoms with Crippen LogP contribution in [0.4, 0.5) is 9.41 Å². The molecule has 0 bridgehead atoms. The molecule has 0 radical (unpaired) electrons. The first-order valence-corrected chi connectivity index (χ1v) is 21.0. The third-order valence-electron chi connectivity index (χ3n) is 6.82. The number of hydrogen-bond acceptors (Lipinski definition) is 0. The summed E-state index contributed by atoms with van der Waals surface area (Å²) in [5, 5.41) is 0.